The number of hydrogen-bond acceptors (Lipinski definition) is 1. The highest BCUT2D eigenvalue weighted by molar-refractivity contribution is 5.50. The van der Waals surface area contributed by atoms with Crippen molar-refractivity contribution in [1.82, 2.24) is 5.32 Å². The van der Waals surface area contributed by atoms with Gasteiger partial charge in [-0.2, -0.15) is 0 Å². The van der Waals surface area contributed by atoms with E-state index in [1.807, 2.05) is 54.6 Å². The lowest BCUT2D eigenvalue weighted by molar-refractivity contribution is 0.564. The van der Waals surface area contributed by atoms with Crippen LogP contribution in [0.25, 0.3) is 0 Å². The largest absolute Gasteiger partial charge is 0.327 e. The lowest BCUT2D eigenvalue weighted by Crippen LogP contribution is -2.41. The molecular weight excluding hydrogens is 266 g/mol. The molecule has 0 aromatic heterocycles. The van der Waals surface area contributed by atoms with Crippen LogP contribution in [0.2, 0.25) is 0 Å². The third kappa shape index (κ3) is 2.36. The summed E-state index contributed by atoms with van der Waals surface area (Å²) in [4.78, 5) is 0. The van der Waals surface area contributed by atoms with Crippen molar-refractivity contribution in [3.05, 3.63) is 108 Å². The molecule has 1 nitrogen and oxygen atoms in total. The van der Waals surface area contributed by atoms with Crippen molar-refractivity contribution in [3.8, 4) is 12.5 Å². The fourth-order valence-electron chi connectivity index (χ4n) is 2.89. The first-order chi connectivity index (χ1) is 10.9. The predicted octanol–water partition coefficient (Wildman–Crippen LogP) is 4.16. The minimum absolute atomic E-state index is 0.557. The molecule has 1 N–H and O–H groups in total. The Kier molecular flexibility index (Phi) is 3.94. The van der Waals surface area contributed by atoms with E-state index in [4.69, 9.17) is 6.42 Å². The van der Waals surface area contributed by atoms with Gasteiger partial charge in [-0.3, -0.25) is 0 Å². The van der Waals surface area contributed by atoms with Gasteiger partial charge in [-0.1, -0.05) is 97.4 Å². The van der Waals surface area contributed by atoms with Gasteiger partial charge in [0.05, 0.1) is 0 Å². The Bertz CT molecular complexity index is 659. The first-order valence-corrected chi connectivity index (χ1v) is 7.27. The van der Waals surface area contributed by atoms with Crippen LogP contribution in [0.5, 0.6) is 0 Å². The van der Waals surface area contributed by atoms with Gasteiger partial charge in [-0.25, -0.2) is 0 Å². The van der Waals surface area contributed by atoms with Crippen LogP contribution >= 0.6 is 0 Å². The molecule has 0 saturated carbocycles. The topological polar surface area (TPSA) is 12.0 Å². The van der Waals surface area contributed by atoms with E-state index in [1.54, 1.807) is 0 Å². The predicted molar refractivity (Wildman–Crippen MR) is 91.2 cm³/mol. The smallest absolute Gasteiger partial charge is 0.121 e. The van der Waals surface area contributed by atoms with Crippen molar-refractivity contribution >= 4 is 0 Å². The molecule has 0 radical (unpaired) electrons. The quantitative estimate of drug-likeness (QED) is 0.431. The molecule has 0 aliphatic heterocycles. The summed E-state index contributed by atoms with van der Waals surface area (Å²) in [6.07, 6.45) is 5.67. The zero-order valence-corrected chi connectivity index (χ0v) is 12.2. The number of terminal acetylenes is 1. The van der Waals surface area contributed by atoms with E-state index in [1.165, 1.54) is 0 Å². The maximum atomic E-state index is 5.67. The van der Waals surface area contributed by atoms with Crippen LogP contribution in [0.15, 0.2) is 91.0 Å². The number of benzene rings is 3. The third-order valence-corrected chi connectivity index (χ3v) is 3.88. The Morgan fingerprint density at radius 3 is 1.18 bits per heavy atom. The maximum absolute atomic E-state index is 5.67. The number of rotatable bonds is 4. The maximum Gasteiger partial charge on any atom is 0.121 e. The molecule has 0 spiro atoms. The van der Waals surface area contributed by atoms with E-state index in [-0.39, 0.29) is 0 Å². The van der Waals surface area contributed by atoms with Crippen LogP contribution < -0.4 is 5.32 Å². The van der Waals surface area contributed by atoms with Crippen LogP contribution in [0.4, 0.5) is 0 Å². The van der Waals surface area contributed by atoms with Gasteiger partial charge in [0.15, 0.2) is 0 Å². The van der Waals surface area contributed by atoms with Crippen molar-refractivity contribution in [2.24, 2.45) is 0 Å². The normalized spacial score (nSPS) is 10.7. The van der Waals surface area contributed by atoms with Gasteiger partial charge in [0, 0.05) is 6.04 Å². The highest BCUT2D eigenvalue weighted by Crippen LogP contribution is 2.36. The van der Waals surface area contributed by atoms with Crippen LogP contribution in [0.1, 0.15) is 16.7 Å². The Balaban J connectivity index is 2.32. The third-order valence-electron chi connectivity index (χ3n) is 3.88. The van der Waals surface area contributed by atoms with Gasteiger partial charge in [0.25, 0.3) is 0 Å². The molecular formula is C21H17N. The first-order valence-electron chi connectivity index (χ1n) is 7.27. The van der Waals surface area contributed by atoms with Crippen molar-refractivity contribution in [1.29, 1.82) is 0 Å². The summed E-state index contributed by atoms with van der Waals surface area (Å²) < 4.78 is 0. The molecule has 0 aliphatic rings. The summed E-state index contributed by atoms with van der Waals surface area (Å²) in [5.41, 5.74) is 2.79. The highest BCUT2D eigenvalue weighted by Gasteiger charge is 2.35. The van der Waals surface area contributed by atoms with Crippen molar-refractivity contribution < 1.29 is 0 Å². The molecule has 0 atom stereocenters. The first kappa shape index (κ1) is 14.0. The molecule has 0 amide bonds. The zero-order valence-electron chi connectivity index (χ0n) is 12.2. The van der Waals surface area contributed by atoms with E-state index in [0.717, 1.165) is 16.7 Å². The fourth-order valence-corrected chi connectivity index (χ4v) is 2.89. The standard InChI is InChI=1S/C21H17N/c1-2-22-21(18-12-6-3-7-13-18,19-14-8-4-9-15-19)20-16-10-5-11-17-20/h1,3-17,22H. The monoisotopic (exact) mass is 283 g/mol. The van der Waals surface area contributed by atoms with E-state index in [2.05, 4.69) is 47.8 Å². The lowest BCUT2D eigenvalue weighted by atomic mass is 9.77. The summed E-state index contributed by atoms with van der Waals surface area (Å²) in [7, 11) is 0. The second kappa shape index (κ2) is 6.20. The number of nitrogens with one attached hydrogen (secondary N) is 1. The molecule has 1 heteroatoms. The molecule has 0 saturated heterocycles. The van der Waals surface area contributed by atoms with Crippen LogP contribution in [-0.2, 0) is 5.54 Å². The Morgan fingerprint density at radius 2 is 0.909 bits per heavy atom. The fraction of sp³-hybridized carbons (Fsp3) is 0.0476. The van der Waals surface area contributed by atoms with Gasteiger partial charge < -0.3 is 5.32 Å². The van der Waals surface area contributed by atoms with E-state index in [0.29, 0.717) is 0 Å². The van der Waals surface area contributed by atoms with Gasteiger partial charge in [-0.05, 0) is 16.7 Å². The van der Waals surface area contributed by atoms with Crippen LogP contribution in [-0.4, -0.2) is 0 Å². The van der Waals surface area contributed by atoms with Crippen molar-refractivity contribution in [3.63, 3.8) is 0 Å². The van der Waals surface area contributed by atoms with Crippen LogP contribution in [0.3, 0.4) is 0 Å². The SMILES string of the molecule is C#CNC(c1ccccc1)(c1ccccc1)c1ccccc1. The highest BCUT2D eigenvalue weighted by atomic mass is 15.0. The van der Waals surface area contributed by atoms with Crippen LogP contribution in [0, 0.1) is 12.5 Å². The Morgan fingerprint density at radius 1 is 0.591 bits per heavy atom. The second-order valence-corrected chi connectivity index (χ2v) is 5.12. The minimum atomic E-state index is -0.557. The minimum Gasteiger partial charge on any atom is -0.327 e. The molecule has 0 aliphatic carbocycles. The molecule has 0 bridgehead atoms. The summed E-state index contributed by atoms with van der Waals surface area (Å²) in [6.45, 7) is 0. The second-order valence-electron chi connectivity index (χ2n) is 5.12. The average molecular weight is 283 g/mol. The molecule has 3 aromatic rings. The van der Waals surface area contributed by atoms with E-state index >= 15 is 0 Å². The number of hydrogen-bond donors (Lipinski definition) is 1. The average Bonchev–Trinajstić information content (AvgIpc) is 2.62. The molecule has 0 heterocycles. The lowest BCUT2D eigenvalue weighted by Gasteiger charge is -2.35. The summed E-state index contributed by atoms with van der Waals surface area (Å²) in [6, 6.07) is 33.5. The van der Waals surface area contributed by atoms with Gasteiger partial charge >= 0.3 is 0 Å². The molecule has 0 unspecified atom stereocenters. The molecule has 3 aromatic carbocycles. The summed E-state index contributed by atoms with van der Waals surface area (Å²) in [5.74, 6) is 0. The molecule has 0 fully saturated rings. The van der Waals surface area contributed by atoms with Gasteiger partial charge in [0.1, 0.15) is 5.54 Å². The van der Waals surface area contributed by atoms with E-state index < -0.39 is 5.54 Å². The van der Waals surface area contributed by atoms with Crippen molar-refractivity contribution in [2.45, 2.75) is 5.54 Å². The zero-order chi connectivity index (χ0) is 15.3. The van der Waals surface area contributed by atoms with Gasteiger partial charge in [0.2, 0.25) is 0 Å². The molecule has 3 rings (SSSR count). The molecule has 22 heavy (non-hydrogen) atoms. The van der Waals surface area contributed by atoms with Crippen molar-refractivity contribution in [2.75, 3.05) is 0 Å². The summed E-state index contributed by atoms with van der Waals surface area (Å²) in [5, 5.41) is 3.27. The van der Waals surface area contributed by atoms with Gasteiger partial charge in [-0.15, -0.1) is 0 Å². The van der Waals surface area contributed by atoms with E-state index in [9.17, 15) is 0 Å². The molecule has 106 valence electrons. The Hall–Kier alpha value is -2.98. The Labute approximate surface area is 131 Å². The summed E-state index contributed by atoms with van der Waals surface area (Å²) >= 11 is 0.